The number of aromatic amines is 1. The molecule has 3 aromatic rings. The van der Waals surface area contributed by atoms with Crippen LogP contribution in [0.2, 0.25) is 0 Å². The third-order valence-corrected chi connectivity index (χ3v) is 4.62. The van der Waals surface area contributed by atoms with E-state index < -0.39 is 12.1 Å². The number of hydrogen-bond donors (Lipinski definition) is 3. The number of rotatable bonds is 8. The summed E-state index contributed by atoms with van der Waals surface area (Å²) in [5.41, 5.74) is 2.43. The van der Waals surface area contributed by atoms with Crippen molar-refractivity contribution in [3.05, 3.63) is 60.3 Å². The Labute approximate surface area is 175 Å². The number of aromatic nitrogens is 1. The number of H-pyrrole nitrogens is 1. The highest BCUT2D eigenvalue weighted by Crippen LogP contribution is 2.24. The fourth-order valence-electron chi connectivity index (χ4n) is 3.12. The lowest BCUT2D eigenvalue weighted by molar-refractivity contribution is -0.118. The Bertz CT molecular complexity index is 1010. The van der Waals surface area contributed by atoms with Gasteiger partial charge in [-0.1, -0.05) is 44.2 Å². The fourth-order valence-corrected chi connectivity index (χ4v) is 3.12. The van der Waals surface area contributed by atoms with Crippen LogP contribution in [-0.4, -0.2) is 36.7 Å². The molecule has 0 bridgehead atoms. The van der Waals surface area contributed by atoms with Gasteiger partial charge in [-0.25, -0.2) is 4.79 Å². The number of amides is 2. The number of nitrogens with one attached hydrogen (secondary N) is 3. The van der Waals surface area contributed by atoms with Crippen molar-refractivity contribution in [1.82, 2.24) is 10.3 Å². The van der Waals surface area contributed by atoms with Crippen molar-refractivity contribution in [2.45, 2.75) is 26.3 Å². The number of alkyl carbamates (subject to hydrolysis) is 1. The molecule has 1 unspecified atom stereocenters. The number of ether oxygens (including phenoxy) is 2. The first kappa shape index (κ1) is 21.2. The zero-order valence-corrected chi connectivity index (χ0v) is 17.4. The maximum absolute atomic E-state index is 13.1. The number of carbonyl (C=O) groups excluding carboxylic acids is 2. The van der Waals surface area contributed by atoms with E-state index in [2.05, 4.69) is 15.6 Å². The average Bonchev–Trinajstić information content (AvgIpc) is 3.15. The summed E-state index contributed by atoms with van der Waals surface area (Å²) in [5.74, 6) is 0.385. The van der Waals surface area contributed by atoms with Gasteiger partial charge in [0, 0.05) is 23.5 Å². The van der Waals surface area contributed by atoms with Gasteiger partial charge in [-0.3, -0.25) is 4.79 Å². The van der Waals surface area contributed by atoms with Crippen molar-refractivity contribution in [2.75, 3.05) is 19.0 Å². The lowest BCUT2D eigenvalue weighted by Crippen LogP contribution is -2.45. The van der Waals surface area contributed by atoms with Gasteiger partial charge in [0.2, 0.25) is 5.91 Å². The third kappa shape index (κ3) is 5.31. The molecule has 3 N–H and O–H groups in total. The first-order valence-corrected chi connectivity index (χ1v) is 9.90. The number of benzene rings is 2. The van der Waals surface area contributed by atoms with Crippen LogP contribution in [0.25, 0.3) is 10.9 Å². The predicted octanol–water partition coefficient (Wildman–Crippen LogP) is 4.11. The summed E-state index contributed by atoms with van der Waals surface area (Å²) in [6.45, 7) is 4.18. The third-order valence-electron chi connectivity index (χ3n) is 4.62. The van der Waals surface area contributed by atoms with E-state index in [9.17, 15) is 9.59 Å². The van der Waals surface area contributed by atoms with Crippen molar-refractivity contribution < 1.29 is 19.1 Å². The number of fused-ring (bicyclic) bond motifs is 1. The van der Waals surface area contributed by atoms with E-state index in [-0.39, 0.29) is 18.4 Å². The van der Waals surface area contributed by atoms with Crippen molar-refractivity contribution in [3.8, 4) is 5.75 Å². The lowest BCUT2D eigenvalue weighted by Gasteiger charge is -2.19. The summed E-state index contributed by atoms with van der Waals surface area (Å²) in [6.07, 6.45) is 1.54. The second-order valence-corrected chi connectivity index (χ2v) is 7.44. The van der Waals surface area contributed by atoms with E-state index in [1.807, 2.05) is 50.4 Å². The van der Waals surface area contributed by atoms with Crippen LogP contribution in [0, 0.1) is 5.92 Å². The normalized spacial score (nSPS) is 11.9. The second kappa shape index (κ2) is 9.82. The predicted molar refractivity (Wildman–Crippen MR) is 117 cm³/mol. The molecule has 7 nitrogen and oxygen atoms in total. The van der Waals surface area contributed by atoms with Crippen LogP contribution in [0.15, 0.2) is 54.7 Å². The van der Waals surface area contributed by atoms with E-state index in [1.165, 1.54) is 7.11 Å². The first-order valence-electron chi connectivity index (χ1n) is 9.90. The lowest BCUT2D eigenvalue weighted by atomic mass is 10.0. The van der Waals surface area contributed by atoms with Gasteiger partial charge in [-0.05, 0) is 29.7 Å². The molecule has 1 heterocycles. The summed E-state index contributed by atoms with van der Waals surface area (Å²) in [4.78, 5) is 28.6. The van der Waals surface area contributed by atoms with Gasteiger partial charge in [0.1, 0.15) is 11.8 Å². The van der Waals surface area contributed by atoms with Crippen LogP contribution >= 0.6 is 0 Å². The average molecular weight is 409 g/mol. The van der Waals surface area contributed by atoms with Crippen LogP contribution in [0.5, 0.6) is 5.75 Å². The fraction of sp³-hybridized carbons (Fsp3) is 0.304. The standard InChI is InChI=1S/C23H27N3O4/c1-15(2)14-30-23(28)26-20(12-16-13-24-18-9-5-4-8-17(16)18)22(27)25-19-10-6-7-11-21(19)29-3/h4-11,13,15,20,24H,12,14H2,1-3H3,(H,25,27)(H,26,28). The minimum atomic E-state index is -0.825. The Balaban J connectivity index is 1.81. The summed E-state index contributed by atoms with van der Waals surface area (Å²) < 4.78 is 10.5. The van der Waals surface area contributed by atoms with Crippen molar-refractivity contribution in [3.63, 3.8) is 0 Å². The monoisotopic (exact) mass is 409 g/mol. The summed E-state index contributed by atoms with van der Waals surface area (Å²) >= 11 is 0. The molecule has 0 saturated heterocycles. The number of para-hydroxylation sites is 3. The second-order valence-electron chi connectivity index (χ2n) is 7.44. The van der Waals surface area contributed by atoms with Gasteiger partial charge in [-0.15, -0.1) is 0 Å². The zero-order chi connectivity index (χ0) is 21.5. The molecule has 1 atom stereocenters. The molecule has 0 fully saturated rings. The maximum Gasteiger partial charge on any atom is 0.407 e. The molecule has 0 saturated carbocycles. The van der Waals surface area contributed by atoms with E-state index >= 15 is 0 Å². The van der Waals surface area contributed by atoms with Gasteiger partial charge in [0.05, 0.1) is 19.4 Å². The molecule has 0 radical (unpaired) electrons. The topological polar surface area (TPSA) is 92.5 Å². The van der Waals surface area contributed by atoms with Crippen LogP contribution in [-0.2, 0) is 16.0 Å². The molecular weight excluding hydrogens is 382 g/mol. The van der Waals surface area contributed by atoms with Gasteiger partial charge < -0.3 is 25.1 Å². The summed E-state index contributed by atoms with van der Waals surface area (Å²) in [6, 6.07) is 14.1. The molecule has 7 heteroatoms. The minimum absolute atomic E-state index is 0.199. The SMILES string of the molecule is COc1ccccc1NC(=O)C(Cc1c[nH]c2ccccc12)NC(=O)OCC(C)C. The van der Waals surface area contributed by atoms with Gasteiger partial charge in [0.25, 0.3) is 0 Å². The molecule has 0 spiro atoms. The number of hydrogen-bond acceptors (Lipinski definition) is 4. The van der Waals surface area contributed by atoms with E-state index in [0.717, 1.165) is 16.5 Å². The first-order chi connectivity index (χ1) is 14.5. The Morgan fingerprint density at radius 2 is 1.80 bits per heavy atom. The summed E-state index contributed by atoms with van der Waals surface area (Å²) in [7, 11) is 1.54. The molecule has 0 aliphatic rings. The van der Waals surface area contributed by atoms with Crippen molar-refractivity contribution >= 4 is 28.6 Å². The zero-order valence-electron chi connectivity index (χ0n) is 17.4. The van der Waals surface area contributed by atoms with Crippen LogP contribution in [0.1, 0.15) is 19.4 Å². The minimum Gasteiger partial charge on any atom is -0.495 e. The smallest absolute Gasteiger partial charge is 0.407 e. The quantitative estimate of drug-likeness (QED) is 0.522. The maximum atomic E-state index is 13.1. The van der Waals surface area contributed by atoms with Gasteiger partial charge in [0.15, 0.2) is 0 Å². The molecule has 2 amide bonds. The van der Waals surface area contributed by atoms with E-state index in [1.54, 1.807) is 18.2 Å². The molecule has 158 valence electrons. The molecule has 1 aromatic heterocycles. The highest BCUT2D eigenvalue weighted by molar-refractivity contribution is 5.98. The largest absolute Gasteiger partial charge is 0.495 e. The molecule has 0 aliphatic heterocycles. The van der Waals surface area contributed by atoms with Crippen LogP contribution in [0.4, 0.5) is 10.5 Å². The Morgan fingerprint density at radius 3 is 2.57 bits per heavy atom. The highest BCUT2D eigenvalue weighted by Gasteiger charge is 2.24. The van der Waals surface area contributed by atoms with Crippen LogP contribution < -0.4 is 15.4 Å². The number of anilines is 1. The molecular formula is C23H27N3O4. The Hall–Kier alpha value is -3.48. The van der Waals surface area contributed by atoms with Gasteiger partial charge in [-0.2, -0.15) is 0 Å². The number of methoxy groups -OCH3 is 1. The van der Waals surface area contributed by atoms with E-state index in [0.29, 0.717) is 17.9 Å². The summed E-state index contributed by atoms with van der Waals surface area (Å²) in [5, 5.41) is 6.56. The number of carbonyl (C=O) groups is 2. The van der Waals surface area contributed by atoms with Crippen molar-refractivity contribution in [2.24, 2.45) is 5.92 Å². The van der Waals surface area contributed by atoms with Crippen molar-refractivity contribution in [1.29, 1.82) is 0 Å². The molecule has 30 heavy (non-hydrogen) atoms. The highest BCUT2D eigenvalue weighted by atomic mass is 16.5. The Kier molecular flexibility index (Phi) is 6.95. The van der Waals surface area contributed by atoms with Crippen LogP contribution in [0.3, 0.4) is 0 Å². The van der Waals surface area contributed by atoms with Gasteiger partial charge >= 0.3 is 6.09 Å². The Morgan fingerprint density at radius 1 is 1.07 bits per heavy atom. The molecule has 0 aliphatic carbocycles. The van der Waals surface area contributed by atoms with E-state index in [4.69, 9.17) is 9.47 Å². The molecule has 2 aromatic carbocycles. The molecule has 3 rings (SSSR count).